The topological polar surface area (TPSA) is 18.5 Å². The Morgan fingerprint density at radius 2 is 1.57 bits per heavy atom. The summed E-state index contributed by atoms with van der Waals surface area (Å²) in [6.45, 7) is 0.621. The summed E-state index contributed by atoms with van der Waals surface area (Å²) in [5, 5.41) is -0.259. The lowest BCUT2D eigenvalue weighted by atomic mass is 10.1. The molecule has 1 aliphatic rings. The third kappa shape index (κ3) is 3.21. The Labute approximate surface area is 130 Å². The molecule has 0 aliphatic carbocycles. The van der Waals surface area contributed by atoms with Crippen LogP contribution in [0.2, 0.25) is 5.02 Å². The minimum atomic E-state index is -5.70. The van der Waals surface area contributed by atoms with E-state index in [-0.39, 0.29) is 23.1 Å². The lowest BCUT2D eigenvalue weighted by molar-refractivity contribution is -0.281. The normalized spacial score (nSPS) is 17.3. The van der Waals surface area contributed by atoms with E-state index >= 15 is 0 Å². The van der Waals surface area contributed by atoms with Gasteiger partial charge in [-0.3, -0.25) is 0 Å². The molecule has 2 nitrogen and oxygen atoms in total. The van der Waals surface area contributed by atoms with Crippen LogP contribution >= 0.6 is 27.5 Å². The first-order chi connectivity index (χ1) is 9.64. The van der Waals surface area contributed by atoms with Crippen LogP contribution in [0, 0.1) is 0 Å². The Morgan fingerprint density at radius 3 is 2.10 bits per heavy atom. The lowest BCUT2D eigenvalue weighted by Gasteiger charge is -2.26. The molecule has 0 amide bonds. The Bertz CT molecular complexity index is 535. The van der Waals surface area contributed by atoms with Gasteiger partial charge in [-0.25, -0.2) is 0 Å². The highest BCUT2D eigenvalue weighted by Crippen LogP contribution is 2.51. The van der Waals surface area contributed by atoms with Crippen molar-refractivity contribution in [3.05, 3.63) is 22.7 Å². The molecule has 1 heterocycles. The summed E-state index contributed by atoms with van der Waals surface area (Å²) < 4.78 is 74.6. The van der Waals surface area contributed by atoms with Crippen molar-refractivity contribution in [1.29, 1.82) is 0 Å². The molecule has 1 aliphatic heterocycles. The Morgan fingerprint density at radius 1 is 1.05 bits per heavy atom. The predicted molar refractivity (Wildman–Crippen MR) is 69.7 cm³/mol. The SMILES string of the molecule is FC(F)(F)C(F)(F)C(Br)c1cc2c(cc1Cl)OCCCO2. The zero-order chi connectivity index (χ0) is 15.8. The van der Waals surface area contributed by atoms with Gasteiger partial charge in [0.25, 0.3) is 0 Å². The van der Waals surface area contributed by atoms with E-state index in [9.17, 15) is 22.0 Å². The molecule has 21 heavy (non-hydrogen) atoms. The minimum Gasteiger partial charge on any atom is -0.490 e. The fourth-order valence-corrected chi connectivity index (χ4v) is 2.77. The summed E-state index contributed by atoms with van der Waals surface area (Å²) in [7, 11) is 0. The van der Waals surface area contributed by atoms with Crippen LogP contribution in [0.5, 0.6) is 11.5 Å². The molecule has 0 spiro atoms. The van der Waals surface area contributed by atoms with Gasteiger partial charge in [0.05, 0.1) is 13.2 Å². The molecule has 0 radical (unpaired) electrons. The summed E-state index contributed by atoms with van der Waals surface area (Å²) in [5.74, 6) is -4.66. The molecule has 2 rings (SSSR count). The first kappa shape index (κ1) is 16.6. The van der Waals surface area contributed by atoms with Gasteiger partial charge in [0.1, 0.15) is 4.83 Å². The molecule has 0 fully saturated rings. The van der Waals surface area contributed by atoms with E-state index in [1.165, 1.54) is 6.07 Å². The molecule has 0 saturated carbocycles. The van der Waals surface area contributed by atoms with Crippen molar-refractivity contribution < 1.29 is 31.4 Å². The molecule has 1 unspecified atom stereocenters. The number of rotatable bonds is 2. The number of hydrogen-bond acceptors (Lipinski definition) is 2. The van der Waals surface area contributed by atoms with Gasteiger partial charge in [-0.1, -0.05) is 27.5 Å². The van der Waals surface area contributed by atoms with E-state index < -0.39 is 22.5 Å². The molecular weight excluding hydrogens is 386 g/mol. The van der Waals surface area contributed by atoms with Gasteiger partial charge in [0, 0.05) is 17.5 Å². The van der Waals surface area contributed by atoms with Crippen LogP contribution in [0.15, 0.2) is 12.1 Å². The standard InChI is InChI=1S/C12H9BrClF5O2/c13-10(11(15,16)12(17,18)19)6-4-8-9(5-7(6)14)21-3-1-2-20-8/h4-5,10H,1-3H2. The Balaban J connectivity index is 2.42. The maximum Gasteiger partial charge on any atom is 0.454 e. The molecule has 1 atom stereocenters. The monoisotopic (exact) mass is 394 g/mol. The van der Waals surface area contributed by atoms with Crippen LogP contribution in [0.1, 0.15) is 16.8 Å². The average molecular weight is 396 g/mol. The minimum absolute atomic E-state index is 0.0920. The van der Waals surface area contributed by atoms with Gasteiger partial charge in [-0.05, 0) is 11.6 Å². The number of alkyl halides is 6. The number of hydrogen-bond donors (Lipinski definition) is 0. The molecular formula is C12H9BrClF5O2. The second-order valence-electron chi connectivity index (χ2n) is 4.35. The van der Waals surface area contributed by atoms with Gasteiger partial charge in [-0.2, -0.15) is 22.0 Å². The molecule has 1 aromatic carbocycles. The second-order valence-corrected chi connectivity index (χ2v) is 5.68. The molecule has 0 N–H and O–H groups in total. The first-order valence-corrected chi connectivity index (χ1v) is 7.11. The van der Waals surface area contributed by atoms with Gasteiger partial charge in [-0.15, -0.1) is 0 Å². The van der Waals surface area contributed by atoms with Crippen LogP contribution in [0.25, 0.3) is 0 Å². The number of benzene rings is 1. The highest BCUT2D eigenvalue weighted by Gasteiger charge is 2.62. The van der Waals surface area contributed by atoms with E-state index in [0.29, 0.717) is 13.0 Å². The maximum absolute atomic E-state index is 13.4. The summed E-state index contributed by atoms with van der Waals surface area (Å²) in [6.07, 6.45) is -5.13. The maximum atomic E-state index is 13.4. The summed E-state index contributed by atoms with van der Waals surface area (Å²) >= 11 is 8.19. The third-order valence-electron chi connectivity index (χ3n) is 2.84. The van der Waals surface area contributed by atoms with E-state index in [1.54, 1.807) is 0 Å². The van der Waals surface area contributed by atoms with Crippen molar-refractivity contribution in [3.8, 4) is 11.5 Å². The van der Waals surface area contributed by atoms with Crippen molar-refractivity contribution in [2.24, 2.45) is 0 Å². The number of halogens is 7. The fourth-order valence-electron chi connectivity index (χ4n) is 1.73. The average Bonchev–Trinajstić information content (AvgIpc) is 2.60. The van der Waals surface area contributed by atoms with E-state index in [1.807, 2.05) is 0 Å². The van der Waals surface area contributed by atoms with Crippen molar-refractivity contribution in [2.45, 2.75) is 23.3 Å². The van der Waals surface area contributed by atoms with E-state index in [4.69, 9.17) is 21.1 Å². The zero-order valence-corrected chi connectivity index (χ0v) is 12.7. The molecule has 0 aromatic heterocycles. The number of ether oxygens (including phenoxy) is 2. The van der Waals surface area contributed by atoms with Crippen LogP contribution < -0.4 is 9.47 Å². The van der Waals surface area contributed by atoms with Crippen LogP contribution in [-0.4, -0.2) is 25.3 Å². The highest BCUT2D eigenvalue weighted by molar-refractivity contribution is 9.09. The molecule has 0 bridgehead atoms. The molecule has 1 aromatic rings. The van der Waals surface area contributed by atoms with Gasteiger partial charge in [0.2, 0.25) is 0 Å². The fraction of sp³-hybridized carbons (Fsp3) is 0.500. The largest absolute Gasteiger partial charge is 0.490 e. The Hall–Kier alpha value is -0.760. The smallest absolute Gasteiger partial charge is 0.454 e. The van der Waals surface area contributed by atoms with Gasteiger partial charge >= 0.3 is 12.1 Å². The summed E-state index contributed by atoms with van der Waals surface area (Å²) in [6, 6.07) is 2.22. The predicted octanol–water partition coefficient (Wildman–Crippen LogP) is 5.13. The van der Waals surface area contributed by atoms with Crippen LogP contribution in [0.4, 0.5) is 22.0 Å². The van der Waals surface area contributed by atoms with Crippen molar-refractivity contribution in [1.82, 2.24) is 0 Å². The van der Waals surface area contributed by atoms with Crippen molar-refractivity contribution in [2.75, 3.05) is 13.2 Å². The molecule has 9 heteroatoms. The summed E-state index contributed by atoms with van der Waals surface area (Å²) in [5.41, 5.74) is -0.414. The molecule has 0 saturated heterocycles. The van der Waals surface area contributed by atoms with Crippen LogP contribution in [-0.2, 0) is 0 Å². The molecule has 118 valence electrons. The highest BCUT2D eigenvalue weighted by atomic mass is 79.9. The lowest BCUT2D eigenvalue weighted by Crippen LogP contribution is -2.40. The van der Waals surface area contributed by atoms with Crippen molar-refractivity contribution in [3.63, 3.8) is 0 Å². The summed E-state index contributed by atoms with van der Waals surface area (Å²) in [4.78, 5) is -2.32. The second kappa shape index (κ2) is 5.79. The first-order valence-electron chi connectivity index (χ1n) is 5.82. The number of fused-ring (bicyclic) bond motifs is 1. The zero-order valence-electron chi connectivity index (χ0n) is 10.3. The van der Waals surface area contributed by atoms with Crippen molar-refractivity contribution >= 4 is 27.5 Å². The van der Waals surface area contributed by atoms with Gasteiger partial charge < -0.3 is 9.47 Å². The van der Waals surface area contributed by atoms with Crippen LogP contribution in [0.3, 0.4) is 0 Å². The quantitative estimate of drug-likeness (QED) is 0.510. The third-order valence-corrected chi connectivity index (χ3v) is 4.23. The Kier molecular flexibility index (Phi) is 4.58. The van der Waals surface area contributed by atoms with E-state index in [0.717, 1.165) is 6.07 Å². The van der Waals surface area contributed by atoms with E-state index in [2.05, 4.69) is 15.9 Å². The van der Waals surface area contributed by atoms with Gasteiger partial charge in [0.15, 0.2) is 11.5 Å².